The maximum absolute atomic E-state index is 10.1. The quantitative estimate of drug-likeness (QED) is 0.873. The van der Waals surface area contributed by atoms with Crippen molar-refractivity contribution in [3.63, 3.8) is 0 Å². The van der Waals surface area contributed by atoms with Gasteiger partial charge in [-0.15, -0.1) is 0 Å². The minimum absolute atomic E-state index is 0.203. The molecule has 1 aromatic rings. The van der Waals surface area contributed by atoms with E-state index in [-0.39, 0.29) is 12.1 Å². The molecule has 0 spiro atoms. The highest BCUT2D eigenvalue weighted by atomic mass is 16.3. The van der Waals surface area contributed by atoms with E-state index in [4.69, 9.17) is 0 Å². The first kappa shape index (κ1) is 14.3. The molecule has 19 heavy (non-hydrogen) atoms. The maximum Gasteiger partial charge on any atom is 0.128 e. The number of hydrogen-bond donors (Lipinski definition) is 2. The second-order valence-electron chi connectivity index (χ2n) is 5.49. The number of aromatic nitrogens is 1. The molecule has 0 aliphatic heterocycles. The number of pyridine rings is 1. The van der Waals surface area contributed by atoms with Crippen molar-refractivity contribution in [1.29, 1.82) is 0 Å². The van der Waals surface area contributed by atoms with Gasteiger partial charge in [-0.2, -0.15) is 0 Å². The zero-order chi connectivity index (χ0) is 13.8. The lowest BCUT2D eigenvalue weighted by Crippen LogP contribution is -2.43. The predicted octanol–water partition coefficient (Wildman–Crippen LogP) is 2.10. The fraction of sp³-hybridized carbons (Fsp3) is 0.667. The van der Waals surface area contributed by atoms with Gasteiger partial charge in [0, 0.05) is 19.3 Å². The first-order chi connectivity index (χ1) is 9.13. The lowest BCUT2D eigenvalue weighted by Gasteiger charge is -2.36. The Hall–Kier alpha value is -1.13. The summed E-state index contributed by atoms with van der Waals surface area (Å²) in [6, 6.07) is 4.67. The molecule has 2 rings (SSSR count). The summed E-state index contributed by atoms with van der Waals surface area (Å²) in [5.41, 5.74) is 1.18. The number of nitrogens with one attached hydrogen (secondary N) is 1. The van der Waals surface area contributed by atoms with Crippen LogP contribution in [0.2, 0.25) is 0 Å². The van der Waals surface area contributed by atoms with Crippen molar-refractivity contribution in [1.82, 2.24) is 10.3 Å². The van der Waals surface area contributed by atoms with Crippen LogP contribution in [0, 0.1) is 0 Å². The van der Waals surface area contributed by atoms with Crippen LogP contribution in [-0.4, -0.2) is 36.3 Å². The van der Waals surface area contributed by atoms with Crippen molar-refractivity contribution in [2.75, 3.05) is 19.0 Å². The maximum atomic E-state index is 10.1. The summed E-state index contributed by atoms with van der Waals surface area (Å²) < 4.78 is 0. The van der Waals surface area contributed by atoms with Crippen LogP contribution in [0.25, 0.3) is 0 Å². The summed E-state index contributed by atoms with van der Waals surface area (Å²) in [5, 5.41) is 13.3. The number of aliphatic hydroxyl groups excluding tert-OH is 1. The summed E-state index contributed by atoms with van der Waals surface area (Å²) in [6.07, 6.45) is 5.98. The number of likely N-dealkylation sites (N-methyl/N-ethyl adjacent to an activating group) is 1. The molecule has 3 atom stereocenters. The monoisotopic (exact) mass is 263 g/mol. The first-order valence-electron chi connectivity index (χ1n) is 7.17. The molecule has 0 saturated heterocycles. The summed E-state index contributed by atoms with van der Waals surface area (Å²) in [4.78, 5) is 6.65. The van der Waals surface area contributed by atoms with Crippen molar-refractivity contribution in [3.8, 4) is 0 Å². The van der Waals surface area contributed by atoms with Crippen LogP contribution in [0.15, 0.2) is 18.3 Å². The summed E-state index contributed by atoms with van der Waals surface area (Å²) in [5.74, 6) is 0.943. The normalized spacial score (nSPS) is 25.1. The largest absolute Gasteiger partial charge is 0.391 e. The molecule has 0 radical (unpaired) electrons. The molecule has 4 nitrogen and oxygen atoms in total. The first-order valence-corrected chi connectivity index (χ1v) is 7.17. The molecule has 0 bridgehead atoms. The minimum Gasteiger partial charge on any atom is -0.391 e. The third-order valence-electron chi connectivity index (χ3n) is 4.26. The Morgan fingerprint density at radius 3 is 2.68 bits per heavy atom. The van der Waals surface area contributed by atoms with E-state index in [0.717, 1.165) is 25.1 Å². The van der Waals surface area contributed by atoms with Crippen LogP contribution < -0.4 is 10.2 Å². The molecule has 0 aromatic carbocycles. The van der Waals surface area contributed by atoms with Crippen LogP contribution >= 0.6 is 0 Å². The lowest BCUT2D eigenvalue weighted by atomic mass is 9.91. The van der Waals surface area contributed by atoms with Crippen LogP contribution in [0.3, 0.4) is 0 Å². The van der Waals surface area contributed by atoms with Gasteiger partial charge >= 0.3 is 0 Å². The Balaban J connectivity index is 2.08. The Labute approximate surface area is 115 Å². The van der Waals surface area contributed by atoms with Crippen molar-refractivity contribution in [2.24, 2.45) is 0 Å². The topological polar surface area (TPSA) is 48.4 Å². The van der Waals surface area contributed by atoms with E-state index >= 15 is 0 Å². The van der Waals surface area contributed by atoms with Crippen LogP contribution in [-0.2, 0) is 0 Å². The Morgan fingerprint density at radius 1 is 1.37 bits per heavy atom. The fourth-order valence-corrected chi connectivity index (χ4v) is 2.74. The van der Waals surface area contributed by atoms with Crippen molar-refractivity contribution < 1.29 is 5.11 Å². The van der Waals surface area contributed by atoms with Gasteiger partial charge in [0.2, 0.25) is 0 Å². The zero-order valence-corrected chi connectivity index (χ0v) is 12.1. The van der Waals surface area contributed by atoms with E-state index in [0.29, 0.717) is 6.04 Å². The van der Waals surface area contributed by atoms with Gasteiger partial charge in [0.05, 0.1) is 12.1 Å². The third-order valence-corrected chi connectivity index (χ3v) is 4.26. The molecule has 2 N–H and O–H groups in total. The minimum atomic E-state index is -0.226. The van der Waals surface area contributed by atoms with E-state index in [2.05, 4.69) is 28.2 Å². The van der Waals surface area contributed by atoms with Crippen molar-refractivity contribution >= 4 is 5.82 Å². The fourth-order valence-electron chi connectivity index (χ4n) is 2.74. The number of anilines is 1. The summed E-state index contributed by atoms with van der Waals surface area (Å²) >= 11 is 0. The van der Waals surface area contributed by atoms with E-state index in [1.807, 2.05) is 26.4 Å². The number of hydrogen-bond acceptors (Lipinski definition) is 4. The van der Waals surface area contributed by atoms with E-state index in [1.165, 1.54) is 12.0 Å². The smallest absolute Gasteiger partial charge is 0.128 e. The highest BCUT2D eigenvalue weighted by Crippen LogP contribution is 2.26. The molecule has 106 valence electrons. The molecule has 1 aliphatic rings. The van der Waals surface area contributed by atoms with Gasteiger partial charge in [0.15, 0.2) is 0 Å². The van der Waals surface area contributed by atoms with Gasteiger partial charge < -0.3 is 15.3 Å². The molecule has 4 heteroatoms. The average Bonchev–Trinajstić information content (AvgIpc) is 2.46. The van der Waals surface area contributed by atoms with Gasteiger partial charge in [-0.25, -0.2) is 4.98 Å². The molecule has 0 amide bonds. The Bertz CT molecular complexity index is 393. The average molecular weight is 263 g/mol. The number of rotatable bonds is 4. The van der Waals surface area contributed by atoms with Crippen LogP contribution in [0.1, 0.15) is 44.2 Å². The van der Waals surface area contributed by atoms with Crippen LogP contribution in [0.4, 0.5) is 5.82 Å². The second-order valence-corrected chi connectivity index (χ2v) is 5.49. The molecule has 1 heterocycles. The molecule has 3 unspecified atom stereocenters. The lowest BCUT2D eigenvalue weighted by molar-refractivity contribution is 0.106. The Kier molecular flexibility index (Phi) is 4.77. The summed E-state index contributed by atoms with van der Waals surface area (Å²) in [6.45, 7) is 2.12. The number of nitrogens with zero attached hydrogens (tertiary/aromatic N) is 2. The van der Waals surface area contributed by atoms with Gasteiger partial charge in [-0.1, -0.05) is 18.9 Å². The molecule has 1 aromatic heterocycles. The highest BCUT2D eigenvalue weighted by molar-refractivity contribution is 5.40. The zero-order valence-electron chi connectivity index (χ0n) is 12.1. The third kappa shape index (κ3) is 3.25. The highest BCUT2D eigenvalue weighted by Gasteiger charge is 2.27. The predicted molar refractivity (Wildman–Crippen MR) is 78.4 cm³/mol. The Morgan fingerprint density at radius 2 is 2.11 bits per heavy atom. The molecular formula is C15H25N3O. The van der Waals surface area contributed by atoms with Gasteiger partial charge in [0.1, 0.15) is 5.82 Å². The van der Waals surface area contributed by atoms with Crippen molar-refractivity contribution in [3.05, 3.63) is 23.9 Å². The van der Waals surface area contributed by atoms with E-state index < -0.39 is 0 Å². The van der Waals surface area contributed by atoms with E-state index in [1.54, 1.807) is 0 Å². The van der Waals surface area contributed by atoms with Gasteiger partial charge in [-0.3, -0.25) is 0 Å². The van der Waals surface area contributed by atoms with Crippen LogP contribution in [0.5, 0.6) is 0 Å². The molecule has 1 saturated carbocycles. The SMILES string of the molecule is CNC(C)c1ccc(N(C)C2CCCCC2O)nc1. The van der Waals surface area contributed by atoms with Crippen molar-refractivity contribution in [2.45, 2.75) is 50.8 Å². The standard InChI is InChI=1S/C15H25N3O/c1-11(16-2)12-8-9-15(17-10-12)18(3)13-6-4-5-7-14(13)19/h8-11,13-14,16,19H,4-7H2,1-3H3. The number of aliphatic hydroxyl groups is 1. The molecule has 1 aliphatic carbocycles. The summed E-state index contributed by atoms with van der Waals surface area (Å²) in [7, 11) is 3.98. The van der Waals surface area contributed by atoms with E-state index in [9.17, 15) is 5.11 Å². The second kappa shape index (κ2) is 6.35. The molecular weight excluding hydrogens is 238 g/mol. The van der Waals surface area contributed by atoms with Gasteiger partial charge in [0.25, 0.3) is 0 Å². The van der Waals surface area contributed by atoms with Gasteiger partial charge in [-0.05, 0) is 38.4 Å². The molecule has 1 fully saturated rings.